The Morgan fingerprint density at radius 2 is 2.00 bits per heavy atom. The van der Waals surface area contributed by atoms with Gasteiger partial charge in [0, 0.05) is 23.5 Å². The monoisotopic (exact) mass is 354 g/mol. The summed E-state index contributed by atoms with van der Waals surface area (Å²) in [6.45, 7) is 4.86. The summed E-state index contributed by atoms with van der Waals surface area (Å²) in [6.07, 6.45) is 0. The zero-order valence-electron chi connectivity index (χ0n) is 14.0. The van der Waals surface area contributed by atoms with E-state index in [2.05, 4.69) is 4.57 Å². The van der Waals surface area contributed by atoms with Gasteiger partial charge in [-0.25, -0.2) is 0 Å². The molecule has 1 aliphatic heterocycles. The van der Waals surface area contributed by atoms with Crippen molar-refractivity contribution in [2.45, 2.75) is 20.4 Å². The van der Waals surface area contributed by atoms with E-state index in [1.165, 1.54) is 0 Å². The average molecular weight is 354 g/mol. The van der Waals surface area contributed by atoms with E-state index in [9.17, 15) is 4.79 Å². The molecule has 3 aromatic rings. The minimum absolute atomic E-state index is 0.258. The maximum atomic E-state index is 12.1. The average Bonchev–Trinajstić information content (AvgIpc) is 3.30. The summed E-state index contributed by atoms with van der Waals surface area (Å²) in [6, 6.07) is 7.93. The number of carbonyl (C=O) groups is 1. The van der Waals surface area contributed by atoms with Crippen molar-refractivity contribution in [3.63, 3.8) is 0 Å². The molecule has 4 rings (SSSR count). The molecule has 0 bridgehead atoms. The first kappa shape index (κ1) is 15.8. The fourth-order valence-corrected chi connectivity index (χ4v) is 4.05. The summed E-state index contributed by atoms with van der Waals surface area (Å²) in [5.41, 5.74) is 11.2. The molecule has 0 aliphatic carbocycles. The number of hydrogen-bond acceptors (Lipinski definition) is 4. The molecule has 5 nitrogen and oxygen atoms in total. The van der Waals surface area contributed by atoms with Crippen molar-refractivity contribution in [1.29, 1.82) is 0 Å². The van der Waals surface area contributed by atoms with E-state index >= 15 is 0 Å². The Morgan fingerprint density at radius 1 is 1.20 bits per heavy atom. The molecule has 0 saturated carbocycles. The normalized spacial score (nSPS) is 12.6. The lowest BCUT2D eigenvalue weighted by molar-refractivity contribution is 0.1000. The molecule has 128 valence electrons. The van der Waals surface area contributed by atoms with Gasteiger partial charge in [-0.1, -0.05) is 6.07 Å². The number of thiophene rings is 1. The topological polar surface area (TPSA) is 66.5 Å². The minimum atomic E-state index is -0.397. The first-order chi connectivity index (χ1) is 12.1. The molecule has 1 amide bonds. The van der Waals surface area contributed by atoms with Gasteiger partial charge in [-0.3, -0.25) is 4.79 Å². The maximum Gasteiger partial charge on any atom is 0.251 e. The first-order valence-electron chi connectivity index (χ1n) is 7.97. The Labute approximate surface area is 149 Å². The number of amides is 1. The van der Waals surface area contributed by atoms with E-state index in [-0.39, 0.29) is 6.79 Å². The number of ether oxygens (including phenoxy) is 2. The van der Waals surface area contributed by atoms with Crippen LogP contribution in [0.1, 0.15) is 27.3 Å². The van der Waals surface area contributed by atoms with Crippen LogP contribution in [-0.4, -0.2) is 17.3 Å². The van der Waals surface area contributed by atoms with Crippen LogP contribution in [0, 0.1) is 13.8 Å². The number of benzene rings is 1. The van der Waals surface area contributed by atoms with Gasteiger partial charge in [0.1, 0.15) is 0 Å². The zero-order valence-corrected chi connectivity index (χ0v) is 14.9. The lowest BCUT2D eigenvalue weighted by atomic mass is 10.0. The van der Waals surface area contributed by atoms with E-state index in [0.717, 1.165) is 39.6 Å². The summed E-state index contributed by atoms with van der Waals surface area (Å²) in [4.78, 5) is 12.1. The highest BCUT2D eigenvalue weighted by Crippen LogP contribution is 2.36. The van der Waals surface area contributed by atoms with Crippen LogP contribution in [0.25, 0.3) is 11.1 Å². The Balaban J connectivity index is 1.80. The third-order valence-electron chi connectivity index (χ3n) is 4.62. The Morgan fingerprint density at radius 3 is 2.72 bits per heavy atom. The van der Waals surface area contributed by atoms with Crippen molar-refractivity contribution in [2.24, 2.45) is 5.73 Å². The van der Waals surface area contributed by atoms with Crippen LogP contribution in [-0.2, 0) is 6.54 Å². The van der Waals surface area contributed by atoms with Gasteiger partial charge in [0.2, 0.25) is 6.79 Å². The van der Waals surface area contributed by atoms with Crippen LogP contribution in [0.5, 0.6) is 11.5 Å². The molecule has 0 radical (unpaired) electrons. The van der Waals surface area contributed by atoms with E-state index in [4.69, 9.17) is 15.2 Å². The number of fused-ring (bicyclic) bond motifs is 1. The molecule has 1 aliphatic rings. The largest absolute Gasteiger partial charge is 0.454 e. The SMILES string of the molecule is Cc1c(C(N)=O)c(-c2ccsc2)c(C)n1Cc1ccc2c(c1)OCO2. The Bertz CT molecular complexity index is 958. The number of primary amides is 1. The highest BCUT2D eigenvalue weighted by Gasteiger charge is 2.23. The molecule has 0 unspecified atom stereocenters. The second-order valence-electron chi connectivity index (χ2n) is 6.07. The maximum absolute atomic E-state index is 12.1. The summed E-state index contributed by atoms with van der Waals surface area (Å²) < 4.78 is 13.0. The van der Waals surface area contributed by atoms with Crippen LogP contribution in [0.15, 0.2) is 35.0 Å². The molecular weight excluding hydrogens is 336 g/mol. The van der Waals surface area contributed by atoms with Gasteiger partial charge in [0.15, 0.2) is 11.5 Å². The molecule has 0 atom stereocenters. The van der Waals surface area contributed by atoms with E-state index in [1.54, 1.807) is 11.3 Å². The lowest BCUT2D eigenvalue weighted by Crippen LogP contribution is -2.13. The highest BCUT2D eigenvalue weighted by molar-refractivity contribution is 7.08. The summed E-state index contributed by atoms with van der Waals surface area (Å²) in [5.74, 6) is 1.13. The van der Waals surface area contributed by atoms with Crippen molar-refractivity contribution in [3.8, 4) is 22.6 Å². The van der Waals surface area contributed by atoms with Crippen molar-refractivity contribution >= 4 is 17.2 Å². The van der Waals surface area contributed by atoms with Crippen LogP contribution >= 0.6 is 11.3 Å². The number of carbonyl (C=O) groups excluding carboxylic acids is 1. The molecule has 2 N–H and O–H groups in total. The molecule has 0 saturated heterocycles. The van der Waals surface area contributed by atoms with Gasteiger partial charge in [-0.05, 0) is 53.9 Å². The molecule has 0 spiro atoms. The number of nitrogens with two attached hydrogens (primary N) is 1. The molecule has 0 fully saturated rings. The van der Waals surface area contributed by atoms with Crippen LogP contribution in [0.2, 0.25) is 0 Å². The smallest absolute Gasteiger partial charge is 0.251 e. The van der Waals surface area contributed by atoms with E-state index < -0.39 is 5.91 Å². The predicted molar refractivity (Wildman–Crippen MR) is 97.4 cm³/mol. The fraction of sp³-hybridized carbons (Fsp3) is 0.211. The number of aromatic nitrogens is 1. The van der Waals surface area contributed by atoms with Crippen LogP contribution in [0.3, 0.4) is 0 Å². The van der Waals surface area contributed by atoms with Crippen LogP contribution in [0.4, 0.5) is 0 Å². The number of nitrogens with zero attached hydrogens (tertiary/aromatic N) is 1. The van der Waals surface area contributed by atoms with Gasteiger partial charge in [-0.15, -0.1) is 0 Å². The third kappa shape index (κ3) is 2.59. The van der Waals surface area contributed by atoms with Gasteiger partial charge < -0.3 is 19.8 Å². The summed E-state index contributed by atoms with van der Waals surface area (Å²) >= 11 is 1.60. The zero-order chi connectivity index (χ0) is 17.6. The second-order valence-corrected chi connectivity index (χ2v) is 6.85. The number of rotatable bonds is 4. The molecule has 25 heavy (non-hydrogen) atoms. The molecule has 2 aromatic heterocycles. The summed E-state index contributed by atoms with van der Waals surface area (Å²) in [5, 5.41) is 4.04. The van der Waals surface area contributed by atoms with Crippen molar-refractivity contribution in [3.05, 3.63) is 57.5 Å². The predicted octanol–water partition coefficient (Wildman–Crippen LogP) is 3.71. The quantitative estimate of drug-likeness (QED) is 0.777. The molecule has 3 heterocycles. The number of hydrogen-bond donors (Lipinski definition) is 1. The minimum Gasteiger partial charge on any atom is -0.454 e. The van der Waals surface area contributed by atoms with Crippen molar-refractivity contribution in [1.82, 2.24) is 4.57 Å². The van der Waals surface area contributed by atoms with Gasteiger partial charge >= 0.3 is 0 Å². The van der Waals surface area contributed by atoms with Crippen molar-refractivity contribution < 1.29 is 14.3 Å². The highest BCUT2D eigenvalue weighted by atomic mass is 32.1. The second kappa shape index (κ2) is 5.97. The van der Waals surface area contributed by atoms with Gasteiger partial charge in [-0.2, -0.15) is 11.3 Å². The van der Waals surface area contributed by atoms with Gasteiger partial charge in [0.05, 0.1) is 5.56 Å². The summed E-state index contributed by atoms with van der Waals surface area (Å²) in [7, 11) is 0. The Kier molecular flexibility index (Phi) is 3.77. The Hall–Kier alpha value is -2.73. The van der Waals surface area contributed by atoms with Crippen molar-refractivity contribution in [2.75, 3.05) is 6.79 Å². The van der Waals surface area contributed by atoms with E-state index in [1.807, 2.05) is 48.9 Å². The lowest BCUT2D eigenvalue weighted by Gasteiger charge is -2.10. The first-order valence-corrected chi connectivity index (χ1v) is 8.91. The van der Waals surface area contributed by atoms with Gasteiger partial charge in [0.25, 0.3) is 5.91 Å². The molecule has 6 heteroatoms. The third-order valence-corrected chi connectivity index (χ3v) is 5.30. The fourth-order valence-electron chi connectivity index (χ4n) is 3.40. The van der Waals surface area contributed by atoms with E-state index in [0.29, 0.717) is 12.1 Å². The molecular formula is C19H18N2O3S. The molecule has 1 aromatic carbocycles. The van der Waals surface area contributed by atoms with Crippen LogP contribution < -0.4 is 15.2 Å². The standard InChI is InChI=1S/C19H18N2O3S/c1-11-17(14-5-6-25-9-14)18(19(20)22)12(2)21(11)8-13-3-4-15-16(7-13)24-10-23-15/h3-7,9H,8,10H2,1-2H3,(H2,20,22).